The second kappa shape index (κ2) is 14.0. The molecule has 0 amide bonds. The average Bonchev–Trinajstić information content (AvgIpc) is 2.77. The molecule has 0 spiro atoms. The molecule has 2 aromatic rings. The average molecular weight is 451 g/mol. The van der Waals surface area contributed by atoms with Gasteiger partial charge < -0.3 is 20.1 Å². The van der Waals surface area contributed by atoms with Gasteiger partial charge in [0.05, 0.1) is 14.2 Å². The van der Waals surface area contributed by atoms with Crippen LogP contribution in [-0.4, -0.2) is 38.9 Å². The minimum absolute atomic E-state index is 0. The molecule has 2 rings (SSSR count). The summed E-state index contributed by atoms with van der Waals surface area (Å²) in [6.07, 6.45) is 6.62. The predicted octanol–water partition coefficient (Wildman–Crippen LogP) is 4.93. The molecule has 0 saturated heterocycles. The molecule has 0 aliphatic heterocycles. The summed E-state index contributed by atoms with van der Waals surface area (Å²) in [4.78, 5) is 24.0. The van der Waals surface area contributed by atoms with Gasteiger partial charge in [-0.1, -0.05) is 6.42 Å². The zero-order chi connectivity index (χ0) is 20.9. The van der Waals surface area contributed by atoms with E-state index in [1.165, 1.54) is 24.6 Å². The molecular weight excluding hydrogens is 427 g/mol. The first-order valence-corrected chi connectivity index (χ1v) is 9.17. The van der Waals surface area contributed by atoms with Crippen LogP contribution in [-0.2, 0) is 16.5 Å². The third-order valence-electron chi connectivity index (χ3n) is 3.99. The van der Waals surface area contributed by atoms with E-state index in [-0.39, 0.29) is 28.1 Å². The number of hydrogen-bond acceptors (Lipinski definition) is 4. The first kappa shape index (κ1) is 25.0. The van der Waals surface area contributed by atoms with Gasteiger partial charge >= 0.3 is 16.5 Å². The van der Waals surface area contributed by atoms with Crippen molar-refractivity contribution in [2.24, 2.45) is 0 Å². The van der Waals surface area contributed by atoms with Gasteiger partial charge in [-0.3, -0.25) is 9.59 Å². The van der Waals surface area contributed by atoms with E-state index in [0.29, 0.717) is 35.7 Å². The molecule has 0 fully saturated rings. The molecule has 0 saturated carbocycles. The molecule has 0 atom stereocenters. The molecule has 0 heterocycles. The van der Waals surface area contributed by atoms with Crippen molar-refractivity contribution < 1.29 is 35.6 Å². The molecule has 30 heavy (non-hydrogen) atoms. The van der Waals surface area contributed by atoms with Crippen molar-refractivity contribution in [2.75, 3.05) is 27.3 Å². The van der Waals surface area contributed by atoms with Crippen molar-refractivity contribution in [1.29, 1.82) is 0 Å². The van der Waals surface area contributed by atoms with Crippen LogP contribution < -0.4 is 9.47 Å². The smallest absolute Gasteiger partial charge is 0.690 e. The van der Waals surface area contributed by atoms with Crippen LogP contribution in [0, 0.1) is 0 Å². The van der Waals surface area contributed by atoms with E-state index in [4.69, 9.17) is 9.47 Å². The Balaban J connectivity index is 0.00000450. The van der Waals surface area contributed by atoms with Gasteiger partial charge in [-0.15, -0.1) is 13.1 Å². The van der Waals surface area contributed by atoms with Gasteiger partial charge in [0.1, 0.15) is 11.5 Å². The predicted molar refractivity (Wildman–Crippen MR) is 114 cm³/mol. The maximum atomic E-state index is 12.0. The Kier molecular flexibility index (Phi) is 11.7. The number of hydrogen-bond donors (Lipinski definition) is 0. The molecule has 0 aliphatic rings. The van der Waals surface area contributed by atoms with Crippen LogP contribution in [0.1, 0.15) is 27.1 Å². The molecule has 0 aliphatic carbocycles. The van der Waals surface area contributed by atoms with Crippen molar-refractivity contribution in [2.45, 2.75) is 6.42 Å². The molecule has 0 bridgehead atoms. The van der Waals surface area contributed by atoms with E-state index >= 15 is 0 Å². The topological polar surface area (TPSA) is 80.8 Å². The Morgan fingerprint density at radius 3 is 1.43 bits per heavy atom. The van der Waals surface area contributed by atoms with Crippen LogP contribution in [0.5, 0.6) is 11.5 Å². The Labute approximate surface area is 187 Å². The van der Waals surface area contributed by atoms with Crippen molar-refractivity contribution in [3.63, 3.8) is 0 Å². The maximum absolute atomic E-state index is 12.0. The number of nitrogens with zero attached hydrogens (tertiary/aromatic N) is 2. The Morgan fingerprint density at radius 1 is 0.733 bits per heavy atom. The molecule has 6 nitrogen and oxygen atoms in total. The number of benzene rings is 2. The summed E-state index contributed by atoms with van der Waals surface area (Å²) in [5.74, 6) is 1.19. The van der Waals surface area contributed by atoms with Crippen molar-refractivity contribution in [3.05, 3.63) is 94.8 Å². The number of ether oxygens (including phenoxy) is 2. The van der Waals surface area contributed by atoms with Crippen molar-refractivity contribution >= 4 is 11.6 Å². The van der Waals surface area contributed by atoms with Gasteiger partial charge in [0.25, 0.3) is 0 Å². The van der Waals surface area contributed by atoms with Crippen LogP contribution in [0.25, 0.3) is 10.6 Å². The van der Waals surface area contributed by atoms with Crippen molar-refractivity contribution in [1.82, 2.24) is 0 Å². The zero-order valence-corrected chi connectivity index (χ0v) is 17.9. The molecule has 0 unspecified atom stereocenters. The van der Waals surface area contributed by atoms with Crippen LogP contribution in [0.3, 0.4) is 0 Å². The summed E-state index contributed by atoms with van der Waals surface area (Å²) in [6, 6.07) is 13.8. The summed E-state index contributed by atoms with van der Waals surface area (Å²) in [7, 11) is 3.16. The molecule has 0 radical (unpaired) electrons. The van der Waals surface area contributed by atoms with E-state index in [2.05, 4.69) is 10.6 Å². The van der Waals surface area contributed by atoms with E-state index in [9.17, 15) is 9.59 Å². The van der Waals surface area contributed by atoms with Gasteiger partial charge in [0, 0.05) is 11.1 Å². The summed E-state index contributed by atoms with van der Waals surface area (Å²) < 4.78 is 10.1. The first-order chi connectivity index (χ1) is 14.1. The van der Waals surface area contributed by atoms with Crippen molar-refractivity contribution in [3.8, 4) is 11.5 Å². The van der Waals surface area contributed by atoms with E-state index in [1.54, 1.807) is 62.8 Å². The minimum Gasteiger partial charge on any atom is -0.690 e. The Morgan fingerprint density at radius 2 is 1.10 bits per heavy atom. The zero-order valence-electron chi connectivity index (χ0n) is 16.9. The van der Waals surface area contributed by atoms with Gasteiger partial charge in [0.15, 0.2) is 11.6 Å². The van der Waals surface area contributed by atoms with Crippen LogP contribution >= 0.6 is 0 Å². The minimum atomic E-state index is -0.110. The number of methoxy groups -OCH3 is 2. The normalized spacial score (nSPS) is 10.5. The number of carbonyl (C=O) groups excluding carboxylic acids is 2. The third-order valence-corrected chi connectivity index (χ3v) is 3.99. The molecule has 0 N–H and O–H groups in total. The first-order valence-electron chi connectivity index (χ1n) is 9.17. The molecule has 0 aromatic heterocycles. The van der Waals surface area contributed by atoms with E-state index in [1.807, 2.05) is 0 Å². The summed E-state index contributed by atoms with van der Waals surface area (Å²) in [5, 5.41) is 8.36. The van der Waals surface area contributed by atoms with Crippen LogP contribution in [0.4, 0.5) is 0 Å². The fourth-order valence-electron chi connectivity index (χ4n) is 2.35. The van der Waals surface area contributed by atoms with E-state index < -0.39 is 0 Å². The number of carbonyl (C=O) groups is 2. The second-order valence-corrected chi connectivity index (χ2v) is 5.98. The standard InChI is InChI=1S/C23H26N2O4.Ni/c1-28-20-8-4-18(5-9-20)22(26)12-16-24-14-3-15-25-17-13-23(27)19-6-10-21(29-2)11-7-19;/h4-13,16-17H,3,14-15H2,1-2H3,(H2,24,25,26,27);/q;+2/p-2. The number of rotatable bonds is 12. The number of allylic oxidation sites excluding steroid dienone is 2. The summed E-state index contributed by atoms with van der Waals surface area (Å²) in [5.41, 5.74) is 1.16. The molecule has 2 aromatic carbocycles. The molecule has 7 heteroatoms. The van der Waals surface area contributed by atoms with Gasteiger partial charge in [-0.05, 0) is 60.7 Å². The van der Waals surface area contributed by atoms with Crippen LogP contribution in [0.2, 0.25) is 0 Å². The SMILES string of the molecule is COc1ccc(C(=O)/C=C\[N-]CCC[N-]/C=C\C(=O)c2ccc(OC)cc2)cc1.[Ni+2]. The van der Waals surface area contributed by atoms with Crippen LogP contribution in [0.15, 0.2) is 73.1 Å². The van der Waals surface area contributed by atoms with Gasteiger partial charge in [0.2, 0.25) is 0 Å². The fraction of sp³-hybridized carbons (Fsp3) is 0.217. The molecular formula is C23H24N2NiO4. The fourth-order valence-corrected chi connectivity index (χ4v) is 2.35. The van der Waals surface area contributed by atoms with Gasteiger partial charge in [-0.25, -0.2) is 0 Å². The Hall–Kier alpha value is -3.05. The van der Waals surface area contributed by atoms with E-state index in [0.717, 1.165) is 6.42 Å². The number of ketones is 2. The summed E-state index contributed by atoms with van der Waals surface area (Å²) >= 11 is 0. The second-order valence-electron chi connectivity index (χ2n) is 5.98. The monoisotopic (exact) mass is 450 g/mol. The quantitative estimate of drug-likeness (QED) is 0.198. The third kappa shape index (κ3) is 8.54. The maximum Gasteiger partial charge on any atom is 2.00 e. The largest absolute Gasteiger partial charge is 2.00 e. The summed E-state index contributed by atoms with van der Waals surface area (Å²) in [6.45, 7) is 1.10. The van der Waals surface area contributed by atoms with Gasteiger partial charge in [-0.2, -0.15) is 12.4 Å². The Bertz CT molecular complexity index is 775. The molecule has 160 valence electrons.